The zero-order valence-corrected chi connectivity index (χ0v) is 80.1. The minimum absolute atomic E-state index is 0.0275. The number of rotatable bonds is 15. The Balaban J connectivity index is 0.000000112. The number of benzene rings is 4. The molecule has 32 nitrogen and oxygen atoms in total. The molecular weight excluding hydrogens is 1810 g/mol. The summed E-state index contributed by atoms with van der Waals surface area (Å²) in [7, 11) is 3.33. The standard InChI is InChI=1S/C27H26F3N5O3.2C27H29N5O3.C26H27N5O3/c1-17(36)33-12-8-24-22(15-33)25(32-35(24)19-9-13-37-14-10-19)21-3-2-11-34-16-23(31-26(21)34)18-4-6-20(7-5-18)38-27(28,29)30;1-18(33)30-13-9-25-23(16-30)26(29-32(25)20-10-14-35-15-11-20)22-4-3-12-31-17-24(28-27(22)31)19-5-7-21(34-2)8-6-19;1-18(33)30-13-10-24-22(16-30)27(29-32(24)20-11-14-35-15-12-20)25-4-3-5-26-28-23(17-31(25)26)19-6-8-21(34-2)9-7-19;1-17(32)29-11-7-24-22(15-29)25(28-31(24)19-8-12-34-13-9-19)21-6-3-10-30-16-23(27-26(21)30)18-4-2-5-20(33)14-18/h2-7,11,16,19H,8-10,12-15H2,1H3;3-8,12,17,20H,9-11,13-16H2,1-2H3;3-9,17,20H,10-16H2,1-2H3;2-6,10,14,16,19,33H,7-9,11-13,15H2,1H3. The van der Waals surface area contributed by atoms with Crippen LogP contribution < -0.4 is 14.2 Å². The summed E-state index contributed by atoms with van der Waals surface area (Å²) in [6.07, 6.45) is 19.7. The summed E-state index contributed by atoms with van der Waals surface area (Å²) in [6.45, 7) is 17.5. The highest BCUT2D eigenvalue weighted by atomic mass is 19.4. The molecule has 0 aliphatic carbocycles. The van der Waals surface area contributed by atoms with E-state index in [1.165, 1.54) is 29.2 Å². The summed E-state index contributed by atoms with van der Waals surface area (Å²) in [6, 6.07) is 48.0. The molecule has 16 aromatic rings. The zero-order chi connectivity index (χ0) is 97.6. The number of carbonyl (C=O) groups is 4. The van der Waals surface area contributed by atoms with Crippen molar-refractivity contribution in [2.45, 2.75) is 161 Å². The Kier molecular flexibility index (Phi) is 26.4. The average molecular weight is 1930 g/mol. The number of phenolic OH excluding ortho intramolecular Hbond substituents is 1. The molecule has 0 spiro atoms. The van der Waals surface area contributed by atoms with E-state index in [0.29, 0.717) is 87.5 Å². The van der Waals surface area contributed by atoms with Crippen molar-refractivity contribution in [3.63, 3.8) is 0 Å². The molecule has 8 aliphatic rings. The zero-order valence-electron chi connectivity index (χ0n) is 80.1. The predicted molar refractivity (Wildman–Crippen MR) is 524 cm³/mol. The number of halogens is 3. The Morgan fingerprint density at radius 1 is 0.366 bits per heavy atom. The summed E-state index contributed by atoms with van der Waals surface area (Å²) in [5.41, 5.74) is 26.6. The molecule has 8 aliphatic heterocycles. The molecule has 1 N–H and O–H groups in total. The summed E-state index contributed by atoms with van der Waals surface area (Å²) in [5.74, 6) is 1.87. The van der Waals surface area contributed by atoms with Crippen LogP contribution in [0.15, 0.2) is 195 Å². The van der Waals surface area contributed by atoms with Crippen molar-refractivity contribution in [3.05, 3.63) is 240 Å². The molecule has 732 valence electrons. The second-order valence-corrected chi connectivity index (χ2v) is 37.2. The molecule has 0 unspecified atom stereocenters. The number of ether oxygens (including phenoxy) is 7. The summed E-state index contributed by atoms with van der Waals surface area (Å²) in [5, 5.41) is 30.6. The largest absolute Gasteiger partial charge is 0.573 e. The van der Waals surface area contributed by atoms with E-state index in [-0.39, 0.29) is 41.2 Å². The lowest BCUT2D eigenvalue weighted by Gasteiger charge is -2.29. The van der Waals surface area contributed by atoms with E-state index in [1.54, 1.807) is 66.2 Å². The Labute approximate surface area is 816 Å². The Morgan fingerprint density at radius 2 is 0.683 bits per heavy atom. The topological polar surface area (TPSA) is 307 Å². The Hall–Kier alpha value is -14.8. The lowest BCUT2D eigenvalue weighted by molar-refractivity contribution is -0.274. The number of nitrogens with zero attached hydrogens (tertiary/aromatic N) is 20. The number of carbonyl (C=O) groups excluding carboxylic acids is 4. The number of fused-ring (bicyclic) bond motifs is 8. The minimum atomic E-state index is -4.75. The fourth-order valence-electron chi connectivity index (χ4n) is 21.0. The van der Waals surface area contributed by atoms with Crippen LogP contribution in [0, 0.1) is 0 Å². The molecule has 0 bridgehead atoms. The molecule has 4 saturated heterocycles. The van der Waals surface area contributed by atoms with E-state index < -0.39 is 6.36 Å². The minimum Gasteiger partial charge on any atom is -0.508 e. The van der Waals surface area contributed by atoms with Crippen molar-refractivity contribution in [2.75, 3.05) is 93.3 Å². The number of hydrogen-bond acceptors (Lipinski definition) is 20. The first kappa shape index (κ1) is 93.5. The van der Waals surface area contributed by atoms with Crippen molar-refractivity contribution in [1.82, 2.24) is 96.3 Å². The highest BCUT2D eigenvalue weighted by Gasteiger charge is 2.39. The van der Waals surface area contributed by atoms with Crippen molar-refractivity contribution in [1.29, 1.82) is 0 Å². The highest BCUT2D eigenvalue weighted by molar-refractivity contribution is 5.85. The van der Waals surface area contributed by atoms with Gasteiger partial charge >= 0.3 is 6.36 Å². The van der Waals surface area contributed by atoms with Crippen LogP contribution in [0.4, 0.5) is 13.2 Å². The van der Waals surface area contributed by atoms with Gasteiger partial charge in [0, 0.05) is 286 Å². The predicted octanol–water partition coefficient (Wildman–Crippen LogP) is 17.1. The summed E-state index contributed by atoms with van der Waals surface area (Å²) in [4.78, 5) is 76.1. The van der Waals surface area contributed by atoms with E-state index in [0.717, 1.165) is 265 Å². The molecule has 4 fully saturated rings. The number of hydrogen-bond donors (Lipinski definition) is 1. The van der Waals surface area contributed by atoms with Gasteiger partial charge in [0.25, 0.3) is 0 Å². The van der Waals surface area contributed by atoms with E-state index in [4.69, 9.17) is 68.8 Å². The van der Waals surface area contributed by atoms with Gasteiger partial charge in [0.2, 0.25) is 23.6 Å². The Bertz CT molecular complexity index is 7150. The van der Waals surface area contributed by atoms with Crippen LogP contribution in [0.25, 0.3) is 113 Å². The third-order valence-corrected chi connectivity index (χ3v) is 28.5. The molecule has 4 amide bonds. The number of methoxy groups -OCH3 is 2. The molecule has 0 atom stereocenters. The number of alkyl halides is 3. The number of pyridine rings is 4. The van der Waals surface area contributed by atoms with Gasteiger partial charge in [0.15, 0.2) is 0 Å². The summed E-state index contributed by atoms with van der Waals surface area (Å²) < 4.78 is 91.4. The van der Waals surface area contributed by atoms with Crippen LogP contribution in [0.3, 0.4) is 0 Å². The lowest BCUT2D eigenvalue weighted by Crippen LogP contribution is -2.35. The number of amides is 4. The van der Waals surface area contributed by atoms with Gasteiger partial charge in [-0.1, -0.05) is 18.2 Å². The van der Waals surface area contributed by atoms with Crippen LogP contribution in [0.1, 0.15) is 148 Å². The SMILES string of the molecule is CC(=O)N1CCc2c(c(-c3cccn4cc(-c5ccc(OC(F)(F)F)cc5)nc34)nn2C2CCOCC2)C1.CC(=O)N1CCc2c(c(-c3cccn4cc(-c5cccc(O)c5)nc34)nn2C2CCOCC2)C1.COc1ccc(-c2cn3c(-c4nn(C5CCOCC5)c5c4CN(C(C)=O)CC5)cccc3n2)cc1.COc1ccc(-c2cn3cccc(-c4nn(C5CCOCC5)c5c4CN(C(C)=O)CC5)c3n2)cc1. The van der Waals surface area contributed by atoms with Crippen molar-refractivity contribution < 1.29 is 70.6 Å². The van der Waals surface area contributed by atoms with Crippen LogP contribution in [-0.2, 0) is 90.0 Å². The highest BCUT2D eigenvalue weighted by Crippen LogP contribution is 2.44. The fourth-order valence-corrected chi connectivity index (χ4v) is 21.0. The number of phenols is 1. The van der Waals surface area contributed by atoms with Crippen LogP contribution in [-0.4, -0.2) is 225 Å². The van der Waals surface area contributed by atoms with E-state index in [2.05, 4.69) is 56.7 Å². The molecular formula is C107H111F3N20O12. The first-order valence-corrected chi connectivity index (χ1v) is 48.7. The van der Waals surface area contributed by atoms with Gasteiger partial charge in [0.1, 0.15) is 68.4 Å². The van der Waals surface area contributed by atoms with Gasteiger partial charge < -0.3 is 71.1 Å². The van der Waals surface area contributed by atoms with Crippen molar-refractivity contribution in [2.24, 2.45) is 0 Å². The maximum absolute atomic E-state index is 12.5. The van der Waals surface area contributed by atoms with E-state index in [9.17, 15) is 37.5 Å². The lowest BCUT2D eigenvalue weighted by atomic mass is 10.0. The third-order valence-electron chi connectivity index (χ3n) is 28.5. The molecule has 142 heavy (non-hydrogen) atoms. The van der Waals surface area contributed by atoms with Crippen LogP contribution in [0.5, 0.6) is 23.0 Å². The monoisotopic (exact) mass is 1920 g/mol. The van der Waals surface area contributed by atoms with E-state index in [1.807, 2.05) is 163 Å². The molecule has 0 saturated carbocycles. The summed E-state index contributed by atoms with van der Waals surface area (Å²) >= 11 is 0. The van der Waals surface area contributed by atoms with Crippen molar-refractivity contribution in [3.8, 4) is 113 Å². The number of aromatic nitrogens is 16. The number of imidazole rings is 4. The van der Waals surface area contributed by atoms with Crippen LogP contribution in [0.2, 0.25) is 0 Å². The smallest absolute Gasteiger partial charge is 0.508 e. The first-order chi connectivity index (χ1) is 69.1. The van der Waals surface area contributed by atoms with Gasteiger partial charge in [-0.25, -0.2) is 19.9 Å². The molecule has 4 aromatic carbocycles. The average Bonchev–Trinajstić information content (AvgIpc) is 1.61. The van der Waals surface area contributed by atoms with Gasteiger partial charge in [-0.2, -0.15) is 20.4 Å². The van der Waals surface area contributed by atoms with Gasteiger partial charge in [-0.3, -0.25) is 42.3 Å². The number of aromatic hydroxyl groups is 1. The van der Waals surface area contributed by atoms with Gasteiger partial charge in [-0.15, -0.1) is 13.2 Å². The molecule has 20 heterocycles. The van der Waals surface area contributed by atoms with Crippen LogP contribution >= 0.6 is 0 Å². The quantitative estimate of drug-likeness (QED) is 0.0996. The Morgan fingerprint density at radius 3 is 1.01 bits per heavy atom. The fraction of sp³-hybridized carbons (Fsp3) is 0.364. The first-order valence-electron chi connectivity index (χ1n) is 48.7. The second-order valence-electron chi connectivity index (χ2n) is 37.2. The van der Waals surface area contributed by atoms with Gasteiger partial charge in [0.05, 0.1) is 66.9 Å². The van der Waals surface area contributed by atoms with E-state index >= 15 is 0 Å². The van der Waals surface area contributed by atoms with Gasteiger partial charge in [-0.05, 0) is 185 Å². The molecule has 35 heteroatoms. The van der Waals surface area contributed by atoms with Crippen molar-refractivity contribution >= 4 is 46.2 Å². The maximum atomic E-state index is 12.5. The third kappa shape index (κ3) is 19.1. The normalized spacial score (nSPS) is 16.5. The molecule has 0 radical (unpaired) electrons. The second kappa shape index (κ2) is 40.1. The molecule has 12 aromatic heterocycles. The molecule has 24 rings (SSSR count). The maximum Gasteiger partial charge on any atom is 0.573 e.